The molecular weight excluding hydrogens is 347 g/mol. The van der Waals surface area contributed by atoms with Gasteiger partial charge < -0.3 is 13.9 Å². The third-order valence-corrected chi connectivity index (χ3v) is 4.72. The summed E-state index contributed by atoms with van der Waals surface area (Å²) in [4.78, 5) is 20.7. The summed E-state index contributed by atoms with van der Waals surface area (Å²) in [5, 5.41) is 0. The molecule has 1 aromatic carbocycles. The van der Waals surface area contributed by atoms with Gasteiger partial charge in [0, 0.05) is 45.1 Å². The zero-order valence-electron chi connectivity index (χ0n) is 14.9. The second-order valence-electron chi connectivity index (χ2n) is 6.70. The lowest BCUT2D eigenvalue weighted by Crippen LogP contribution is -2.48. The molecule has 3 aromatic rings. The Morgan fingerprint density at radius 2 is 1.96 bits per heavy atom. The number of aromatic nitrogens is 2. The van der Waals surface area contributed by atoms with Gasteiger partial charge in [0.1, 0.15) is 11.6 Å². The summed E-state index contributed by atoms with van der Waals surface area (Å²) < 4.78 is 20.9. The van der Waals surface area contributed by atoms with Gasteiger partial charge in [0.2, 0.25) is 0 Å². The summed E-state index contributed by atoms with van der Waals surface area (Å²) >= 11 is 0. The summed E-state index contributed by atoms with van der Waals surface area (Å²) in [5.74, 6) is 0.785. The average molecular weight is 368 g/mol. The zero-order valence-corrected chi connectivity index (χ0v) is 14.9. The highest BCUT2D eigenvalue weighted by Crippen LogP contribution is 2.15. The van der Waals surface area contributed by atoms with Gasteiger partial charge in [-0.2, -0.15) is 0 Å². The van der Waals surface area contributed by atoms with Crippen molar-refractivity contribution >= 4 is 5.91 Å². The van der Waals surface area contributed by atoms with E-state index in [1.807, 2.05) is 27.8 Å². The number of nitrogens with zero attached hydrogens (tertiary/aromatic N) is 4. The van der Waals surface area contributed by atoms with E-state index >= 15 is 0 Å². The van der Waals surface area contributed by atoms with E-state index in [0.29, 0.717) is 31.9 Å². The lowest BCUT2D eigenvalue weighted by Gasteiger charge is -2.34. The Labute approximate surface area is 156 Å². The summed E-state index contributed by atoms with van der Waals surface area (Å²) in [6.45, 7) is 4.01. The van der Waals surface area contributed by atoms with E-state index in [2.05, 4.69) is 9.88 Å². The number of hydrogen-bond acceptors (Lipinski definition) is 4. The average Bonchev–Trinajstić information content (AvgIpc) is 3.34. The smallest absolute Gasteiger partial charge is 0.289 e. The molecule has 1 aliphatic rings. The van der Waals surface area contributed by atoms with Crippen LogP contribution in [0.1, 0.15) is 21.9 Å². The molecule has 140 valence electrons. The first kappa shape index (κ1) is 17.5. The minimum Gasteiger partial charge on any atom is -0.454 e. The molecule has 1 fully saturated rings. The number of carbonyl (C=O) groups is 1. The first-order chi connectivity index (χ1) is 13.2. The molecule has 0 spiro atoms. The van der Waals surface area contributed by atoms with Crippen LogP contribution in [0.15, 0.2) is 59.5 Å². The van der Waals surface area contributed by atoms with Crippen LogP contribution < -0.4 is 0 Å². The van der Waals surface area contributed by atoms with Gasteiger partial charge in [-0.3, -0.25) is 9.69 Å². The van der Waals surface area contributed by atoms with Crippen LogP contribution in [0, 0.1) is 5.82 Å². The summed E-state index contributed by atoms with van der Waals surface area (Å²) in [5.41, 5.74) is 0.949. The third-order valence-electron chi connectivity index (χ3n) is 4.72. The molecule has 0 bridgehead atoms. The number of amides is 1. The van der Waals surface area contributed by atoms with Crippen molar-refractivity contribution in [2.24, 2.45) is 0 Å². The molecule has 0 aliphatic carbocycles. The van der Waals surface area contributed by atoms with Crippen LogP contribution in [-0.2, 0) is 13.1 Å². The van der Waals surface area contributed by atoms with E-state index in [-0.39, 0.29) is 11.7 Å². The van der Waals surface area contributed by atoms with Crippen molar-refractivity contribution in [1.29, 1.82) is 0 Å². The number of rotatable bonds is 5. The van der Waals surface area contributed by atoms with Crippen LogP contribution in [0.4, 0.5) is 4.39 Å². The maximum Gasteiger partial charge on any atom is 0.289 e. The van der Waals surface area contributed by atoms with Gasteiger partial charge >= 0.3 is 0 Å². The Morgan fingerprint density at radius 3 is 2.70 bits per heavy atom. The fourth-order valence-electron chi connectivity index (χ4n) is 3.30. The molecule has 0 unspecified atom stereocenters. The van der Waals surface area contributed by atoms with Crippen LogP contribution in [0.5, 0.6) is 0 Å². The number of carbonyl (C=O) groups excluding carboxylic acids is 1. The van der Waals surface area contributed by atoms with Crippen molar-refractivity contribution in [2.45, 2.75) is 13.1 Å². The van der Waals surface area contributed by atoms with Gasteiger partial charge in [0.15, 0.2) is 5.76 Å². The standard InChI is InChI=1S/C20H21FN4O2/c21-17-3-1-2-16(12-17)13-23-8-10-25(11-9-23)20(26)19-5-4-18(27-19)14-24-7-6-22-15-24/h1-7,12,15H,8-11,13-14H2. The molecule has 0 atom stereocenters. The van der Waals surface area contributed by atoms with Crippen molar-refractivity contribution in [1.82, 2.24) is 19.4 Å². The second-order valence-corrected chi connectivity index (χ2v) is 6.70. The highest BCUT2D eigenvalue weighted by molar-refractivity contribution is 5.91. The van der Waals surface area contributed by atoms with Crippen LogP contribution >= 0.6 is 0 Å². The SMILES string of the molecule is O=C(c1ccc(Cn2ccnc2)o1)N1CCN(Cc2cccc(F)c2)CC1. The summed E-state index contributed by atoms with van der Waals surface area (Å²) in [6, 6.07) is 10.2. The molecule has 0 saturated carbocycles. The van der Waals surface area contributed by atoms with Gasteiger partial charge in [0.05, 0.1) is 12.9 Å². The lowest BCUT2D eigenvalue weighted by molar-refractivity contribution is 0.0596. The van der Waals surface area contributed by atoms with Gasteiger partial charge in [0.25, 0.3) is 5.91 Å². The number of furan rings is 1. The topological polar surface area (TPSA) is 54.5 Å². The maximum absolute atomic E-state index is 13.3. The Bertz CT molecular complexity index is 898. The van der Waals surface area contributed by atoms with E-state index in [9.17, 15) is 9.18 Å². The molecule has 0 radical (unpaired) electrons. The molecule has 2 aromatic heterocycles. The van der Waals surface area contributed by atoms with Crippen LogP contribution in [0.2, 0.25) is 0 Å². The van der Waals surface area contributed by atoms with E-state index in [1.54, 1.807) is 30.7 Å². The van der Waals surface area contributed by atoms with Gasteiger partial charge in [-0.05, 0) is 29.8 Å². The Hall–Kier alpha value is -2.93. The molecule has 6 nitrogen and oxygen atoms in total. The van der Waals surface area contributed by atoms with Crippen molar-refractivity contribution in [3.05, 3.63) is 78.0 Å². The van der Waals surface area contributed by atoms with E-state index < -0.39 is 0 Å². The molecule has 27 heavy (non-hydrogen) atoms. The number of benzene rings is 1. The molecule has 1 aliphatic heterocycles. The maximum atomic E-state index is 13.3. The monoisotopic (exact) mass is 368 g/mol. The first-order valence-electron chi connectivity index (χ1n) is 8.98. The molecule has 0 N–H and O–H groups in total. The first-order valence-corrected chi connectivity index (χ1v) is 8.98. The molecule has 1 saturated heterocycles. The highest BCUT2D eigenvalue weighted by Gasteiger charge is 2.24. The predicted octanol–water partition coefficient (Wildman–Crippen LogP) is 2.62. The normalized spacial score (nSPS) is 15.2. The molecule has 7 heteroatoms. The molecule has 4 rings (SSSR count). The van der Waals surface area contributed by atoms with Crippen LogP contribution in [0.3, 0.4) is 0 Å². The number of imidazole rings is 1. The van der Waals surface area contributed by atoms with E-state index in [4.69, 9.17) is 4.42 Å². The van der Waals surface area contributed by atoms with Gasteiger partial charge in [-0.25, -0.2) is 9.37 Å². The van der Waals surface area contributed by atoms with Crippen molar-refractivity contribution in [3.8, 4) is 0 Å². The molecule has 3 heterocycles. The second kappa shape index (κ2) is 7.75. The van der Waals surface area contributed by atoms with Crippen molar-refractivity contribution in [3.63, 3.8) is 0 Å². The number of piperazine rings is 1. The Kier molecular flexibility index (Phi) is 5.02. The van der Waals surface area contributed by atoms with Crippen molar-refractivity contribution in [2.75, 3.05) is 26.2 Å². The number of hydrogen-bond donors (Lipinski definition) is 0. The third kappa shape index (κ3) is 4.25. The Balaban J connectivity index is 1.31. The fraction of sp³-hybridized carbons (Fsp3) is 0.300. The van der Waals surface area contributed by atoms with Crippen LogP contribution in [-0.4, -0.2) is 51.4 Å². The predicted molar refractivity (Wildman–Crippen MR) is 97.6 cm³/mol. The molecular formula is C20H21FN4O2. The number of halogens is 1. The molecule has 1 amide bonds. The van der Waals surface area contributed by atoms with Crippen molar-refractivity contribution < 1.29 is 13.6 Å². The quantitative estimate of drug-likeness (QED) is 0.695. The fourth-order valence-corrected chi connectivity index (χ4v) is 3.30. The largest absolute Gasteiger partial charge is 0.454 e. The minimum atomic E-state index is -0.217. The minimum absolute atomic E-state index is 0.0858. The zero-order chi connectivity index (χ0) is 18.6. The van der Waals surface area contributed by atoms with E-state index in [1.165, 1.54) is 6.07 Å². The summed E-state index contributed by atoms with van der Waals surface area (Å²) in [6.07, 6.45) is 5.27. The van der Waals surface area contributed by atoms with E-state index in [0.717, 1.165) is 24.4 Å². The highest BCUT2D eigenvalue weighted by atomic mass is 19.1. The van der Waals surface area contributed by atoms with Gasteiger partial charge in [-0.1, -0.05) is 12.1 Å². The lowest BCUT2D eigenvalue weighted by atomic mass is 10.2. The Morgan fingerprint density at radius 1 is 1.11 bits per heavy atom. The summed E-state index contributed by atoms with van der Waals surface area (Å²) in [7, 11) is 0. The van der Waals surface area contributed by atoms with Crippen LogP contribution in [0.25, 0.3) is 0 Å². The van der Waals surface area contributed by atoms with Gasteiger partial charge in [-0.15, -0.1) is 0 Å².